The van der Waals surface area contributed by atoms with Gasteiger partial charge in [-0.25, -0.2) is 4.21 Å². The summed E-state index contributed by atoms with van der Waals surface area (Å²) in [6, 6.07) is 0. The molecule has 1 unspecified atom stereocenters. The summed E-state index contributed by atoms with van der Waals surface area (Å²) in [6.45, 7) is 2.12. The first kappa shape index (κ1) is 6.56. The number of hydrogen-bond acceptors (Lipinski definition) is 1. The monoisotopic (exact) mass is 152 g/mol. The molecule has 48 valence electrons. The summed E-state index contributed by atoms with van der Waals surface area (Å²) < 4.78 is 10.4. The van der Waals surface area contributed by atoms with E-state index >= 15 is 0 Å². The first-order chi connectivity index (χ1) is 3.62. The highest BCUT2D eigenvalue weighted by Gasteiger charge is 2.38. The van der Waals surface area contributed by atoms with Crippen LogP contribution >= 0.6 is 10.7 Å². The number of hydrogen-bond donors (Lipinski definition) is 0. The van der Waals surface area contributed by atoms with Crippen LogP contribution in [0.25, 0.3) is 0 Å². The molecule has 1 nitrogen and oxygen atoms in total. The van der Waals surface area contributed by atoms with E-state index in [1.807, 2.05) is 0 Å². The molecule has 1 saturated carbocycles. The van der Waals surface area contributed by atoms with Crippen LogP contribution in [0.3, 0.4) is 0 Å². The van der Waals surface area contributed by atoms with Crippen LogP contribution in [-0.4, -0.2) is 9.96 Å². The summed E-state index contributed by atoms with van der Waals surface area (Å²) in [5.41, 5.74) is 0.340. The van der Waals surface area contributed by atoms with Crippen LogP contribution < -0.4 is 0 Å². The molecule has 1 rings (SSSR count). The Morgan fingerprint density at radius 1 is 1.75 bits per heavy atom. The van der Waals surface area contributed by atoms with E-state index in [0.29, 0.717) is 11.2 Å². The first-order valence-corrected chi connectivity index (χ1v) is 4.82. The lowest BCUT2D eigenvalue weighted by Gasteiger charge is -1.99. The van der Waals surface area contributed by atoms with E-state index in [4.69, 9.17) is 10.7 Å². The van der Waals surface area contributed by atoms with Crippen LogP contribution in [0.2, 0.25) is 0 Å². The first-order valence-electron chi connectivity index (χ1n) is 2.67. The fraction of sp³-hybridized carbons (Fsp3) is 1.00. The molecule has 0 N–H and O–H groups in total. The second-order valence-corrected chi connectivity index (χ2v) is 4.65. The van der Waals surface area contributed by atoms with E-state index in [2.05, 4.69) is 6.92 Å². The second-order valence-electron chi connectivity index (χ2n) is 2.74. The Labute approximate surface area is 56.4 Å². The van der Waals surface area contributed by atoms with Crippen LogP contribution in [0.4, 0.5) is 0 Å². The molecule has 8 heavy (non-hydrogen) atoms. The summed E-state index contributed by atoms with van der Waals surface area (Å²) in [7, 11) is 4.17. The van der Waals surface area contributed by atoms with Gasteiger partial charge in [0.15, 0.2) is 0 Å². The van der Waals surface area contributed by atoms with Gasteiger partial charge in [-0.3, -0.25) is 0 Å². The minimum Gasteiger partial charge on any atom is -0.243 e. The van der Waals surface area contributed by atoms with Gasteiger partial charge in [-0.2, -0.15) is 0 Å². The molecule has 0 spiro atoms. The summed E-state index contributed by atoms with van der Waals surface area (Å²) in [5.74, 6) is 0.675. The van der Waals surface area contributed by atoms with Crippen LogP contribution in [0.15, 0.2) is 0 Å². The fourth-order valence-electron chi connectivity index (χ4n) is 0.632. The summed E-state index contributed by atoms with van der Waals surface area (Å²) in [6.07, 6.45) is 2.40. The van der Waals surface area contributed by atoms with Gasteiger partial charge < -0.3 is 0 Å². The molecule has 0 aromatic carbocycles. The molecule has 1 aliphatic rings. The van der Waals surface area contributed by atoms with E-state index in [-0.39, 0.29) is 0 Å². The quantitative estimate of drug-likeness (QED) is 0.551. The predicted molar refractivity (Wildman–Crippen MR) is 36.2 cm³/mol. The molecule has 0 saturated heterocycles. The Balaban J connectivity index is 2.29. The molecule has 1 atom stereocenters. The van der Waals surface area contributed by atoms with Crippen LogP contribution in [0, 0.1) is 5.41 Å². The van der Waals surface area contributed by atoms with E-state index in [1.54, 1.807) is 0 Å². The average molecular weight is 153 g/mol. The van der Waals surface area contributed by atoms with Crippen molar-refractivity contribution in [1.82, 2.24) is 0 Å². The average Bonchev–Trinajstić information content (AvgIpc) is 2.17. The molecule has 0 radical (unpaired) electrons. The maximum Gasteiger partial charge on any atom is 0.115 e. The van der Waals surface area contributed by atoms with Crippen molar-refractivity contribution in [2.75, 3.05) is 5.75 Å². The predicted octanol–water partition coefficient (Wildman–Crippen LogP) is 1.69. The Morgan fingerprint density at radius 2 is 2.25 bits per heavy atom. The Hall–Kier alpha value is 0.440. The van der Waals surface area contributed by atoms with E-state index in [0.717, 1.165) is 0 Å². The van der Waals surface area contributed by atoms with Crippen molar-refractivity contribution in [3.63, 3.8) is 0 Å². The van der Waals surface area contributed by atoms with Gasteiger partial charge in [-0.15, -0.1) is 0 Å². The number of rotatable bonds is 2. The molecule has 0 bridgehead atoms. The molecule has 0 heterocycles. The van der Waals surface area contributed by atoms with Crippen molar-refractivity contribution < 1.29 is 4.21 Å². The molecule has 1 fully saturated rings. The normalized spacial score (nSPS) is 27.2. The molecular formula is C5H9ClOS. The van der Waals surface area contributed by atoms with Crippen molar-refractivity contribution in [1.29, 1.82) is 0 Å². The summed E-state index contributed by atoms with van der Waals surface area (Å²) in [5, 5.41) is 0. The molecule has 0 aliphatic heterocycles. The van der Waals surface area contributed by atoms with Crippen LogP contribution in [0.5, 0.6) is 0 Å². The summed E-state index contributed by atoms with van der Waals surface area (Å²) >= 11 is 0. The van der Waals surface area contributed by atoms with Crippen molar-refractivity contribution >= 4 is 20.7 Å². The highest BCUT2D eigenvalue weighted by Crippen LogP contribution is 2.45. The molecule has 3 heteroatoms. The Bertz CT molecular complexity index is 120. The second kappa shape index (κ2) is 1.99. The minimum absolute atomic E-state index is 0.340. The van der Waals surface area contributed by atoms with Gasteiger partial charge in [0, 0.05) is 5.75 Å². The van der Waals surface area contributed by atoms with Gasteiger partial charge in [0.05, 0.1) is 0 Å². The van der Waals surface area contributed by atoms with Gasteiger partial charge in [0.1, 0.15) is 10.0 Å². The van der Waals surface area contributed by atoms with E-state index in [9.17, 15) is 4.21 Å². The lowest BCUT2D eigenvalue weighted by atomic mass is 10.2. The third kappa shape index (κ3) is 1.75. The van der Waals surface area contributed by atoms with Crippen molar-refractivity contribution in [3.05, 3.63) is 0 Å². The zero-order valence-corrected chi connectivity index (χ0v) is 6.39. The van der Waals surface area contributed by atoms with Crippen LogP contribution in [-0.2, 0) is 10.0 Å². The molecule has 1 aliphatic carbocycles. The van der Waals surface area contributed by atoms with Gasteiger partial charge in [-0.1, -0.05) is 6.92 Å². The van der Waals surface area contributed by atoms with Crippen LogP contribution in [0.1, 0.15) is 19.8 Å². The molecule has 0 amide bonds. The van der Waals surface area contributed by atoms with E-state index in [1.165, 1.54) is 12.8 Å². The Morgan fingerprint density at radius 3 is 2.38 bits per heavy atom. The zero-order chi connectivity index (χ0) is 6.20. The van der Waals surface area contributed by atoms with Crippen molar-refractivity contribution in [2.45, 2.75) is 19.8 Å². The highest BCUT2D eigenvalue weighted by atomic mass is 35.7. The fourth-order valence-corrected chi connectivity index (χ4v) is 2.26. The van der Waals surface area contributed by atoms with Gasteiger partial charge in [0.25, 0.3) is 0 Å². The molecule has 0 aromatic heterocycles. The van der Waals surface area contributed by atoms with E-state index < -0.39 is 10.0 Å². The van der Waals surface area contributed by atoms with Gasteiger partial charge in [0.2, 0.25) is 0 Å². The van der Waals surface area contributed by atoms with Crippen molar-refractivity contribution in [2.24, 2.45) is 5.41 Å². The summed E-state index contributed by atoms with van der Waals surface area (Å²) in [4.78, 5) is 0. The Kier molecular flexibility index (Phi) is 1.63. The van der Waals surface area contributed by atoms with Gasteiger partial charge in [-0.05, 0) is 28.9 Å². The number of halogens is 1. The SMILES string of the molecule is CC1(CS(=O)Cl)CC1. The maximum atomic E-state index is 10.4. The largest absolute Gasteiger partial charge is 0.243 e. The third-order valence-corrected chi connectivity index (χ3v) is 2.82. The zero-order valence-electron chi connectivity index (χ0n) is 4.82. The molecule has 0 aromatic rings. The standard InChI is InChI=1S/C5H9ClOS/c1-5(2-3-5)4-8(6)7/h2-4H2,1H3. The lowest BCUT2D eigenvalue weighted by Crippen LogP contribution is -2.02. The minimum atomic E-state index is -1.10. The van der Waals surface area contributed by atoms with Crippen molar-refractivity contribution in [3.8, 4) is 0 Å². The lowest BCUT2D eigenvalue weighted by molar-refractivity contribution is 0.638. The third-order valence-electron chi connectivity index (χ3n) is 1.57. The topological polar surface area (TPSA) is 17.1 Å². The smallest absolute Gasteiger partial charge is 0.115 e. The maximum absolute atomic E-state index is 10.4. The highest BCUT2D eigenvalue weighted by molar-refractivity contribution is 8.08. The molecular weight excluding hydrogens is 144 g/mol. The van der Waals surface area contributed by atoms with Gasteiger partial charge >= 0.3 is 0 Å².